The summed E-state index contributed by atoms with van der Waals surface area (Å²) in [5, 5.41) is 8.79. The molecular formula is C13H7BrClFN2O2S. The molecule has 21 heavy (non-hydrogen) atoms. The van der Waals surface area contributed by atoms with Gasteiger partial charge in [0, 0.05) is 0 Å². The largest absolute Gasteiger partial charge is 0.280 e. The van der Waals surface area contributed by atoms with Gasteiger partial charge in [0.1, 0.15) is 11.9 Å². The fourth-order valence-corrected chi connectivity index (χ4v) is 3.14. The summed E-state index contributed by atoms with van der Waals surface area (Å²) in [5.74, 6) is -0.590. The van der Waals surface area contributed by atoms with Crippen LogP contribution < -0.4 is 4.72 Å². The van der Waals surface area contributed by atoms with Gasteiger partial charge in [0.05, 0.1) is 25.6 Å². The predicted molar refractivity (Wildman–Crippen MR) is 81.1 cm³/mol. The Balaban J connectivity index is 2.36. The van der Waals surface area contributed by atoms with Crippen LogP contribution in [0.2, 0.25) is 5.02 Å². The van der Waals surface area contributed by atoms with Crippen LogP contribution in [0.25, 0.3) is 0 Å². The minimum absolute atomic E-state index is 0.0300. The highest BCUT2D eigenvalue weighted by Crippen LogP contribution is 2.24. The van der Waals surface area contributed by atoms with E-state index in [2.05, 4.69) is 20.7 Å². The molecule has 0 aliphatic heterocycles. The Labute approximate surface area is 134 Å². The van der Waals surface area contributed by atoms with Crippen molar-refractivity contribution in [1.29, 1.82) is 5.26 Å². The van der Waals surface area contributed by atoms with Crippen molar-refractivity contribution in [2.24, 2.45) is 0 Å². The standard InChI is InChI=1S/C13H7BrClFN2O2S/c14-11-4-2-9(5-13(11)16)18-21(19,20)10-3-1-8(7-17)12(15)6-10/h1-6,18H. The van der Waals surface area contributed by atoms with Crippen LogP contribution in [0, 0.1) is 17.1 Å². The van der Waals surface area contributed by atoms with Gasteiger partial charge < -0.3 is 0 Å². The van der Waals surface area contributed by atoms with Gasteiger partial charge in [-0.2, -0.15) is 5.26 Å². The van der Waals surface area contributed by atoms with Crippen molar-refractivity contribution in [3.05, 3.63) is 57.3 Å². The summed E-state index contributed by atoms with van der Waals surface area (Å²) in [4.78, 5) is -0.116. The summed E-state index contributed by atoms with van der Waals surface area (Å²) in [7, 11) is -3.92. The van der Waals surface area contributed by atoms with Gasteiger partial charge in [-0.25, -0.2) is 12.8 Å². The molecule has 0 atom stereocenters. The summed E-state index contributed by atoms with van der Waals surface area (Å²) in [5.41, 5.74) is 0.251. The maximum atomic E-state index is 13.4. The second-order valence-electron chi connectivity index (χ2n) is 3.99. The van der Waals surface area contributed by atoms with Gasteiger partial charge in [0.15, 0.2) is 0 Å². The molecule has 0 saturated heterocycles. The summed E-state index contributed by atoms with van der Waals surface area (Å²) in [6.45, 7) is 0. The predicted octanol–water partition coefficient (Wildman–Crippen LogP) is 3.91. The third kappa shape index (κ3) is 3.53. The average molecular weight is 390 g/mol. The molecule has 0 aliphatic rings. The average Bonchev–Trinajstić information content (AvgIpc) is 2.42. The van der Waals surface area contributed by atoms with E-state index in [0.717, 1.165) is 12.1 Å². The topological polar surface area (TPSA) is 70.0 Å². The summed E-state index contributed by atoms with van der Waals surface area (Å²) in [6, 6.07) is 9.41. The molecule has 0 aromatic heterocycles. The van der Waals surface area contributed by atoms with E-state index < -0.39 is 15.8 Å². The first-order chi connectivity index (χ1) is 9.83. The summed E-state index contributed by atoms with van der Waals surface area (Å²) < 4.78 is 40.2. The van der Waals surface area contributed by atoms with Crippen LogP contribution in [0.15, 0.2) is 45.8 Å². The third-order valence-electron chi connectivity index (χ3n) is 2.54. The Morgan fingerprint density at radius 1 is 1.24 bits per heavy atom. The first kappa shape index (κ1) is 15.8. The zero-order valence-electron chi connectivity index (χ0n) is 10.3. The number of nitrogens with zero attached hydrogens (tertiary/aromatic N) is 1. The smallest absolute Gasteiger partial charge is 0.261 e. The molecule has 0 unspecified atom stereocenters. The summed E-state index contributed by atoms with van der Waals surface area (Å²) in [6.07, 6.45) is 0. The number of hydrogen-bond acceptors (Lipinski definition) is 3. The first-order valence-electron chi connectivity index (χ1n) is 5.51. The number of anilines is 1. The van der Waals surface area contributed by atoms with Crippen molar-refractivity contribution >= 4 is 43.2 Å². The number of rotatable bonds is 3. The van der Waals surface area contributed by atoms with Gasteiger partial charge in [-0.05, 0) is 52.3 Å². The molecule has 2 aromatic rings. The van der Waals surface area contributed by atoms with E-state index in [1.54, 1.807) is 0 Å². The van der Waals surface area contributed by atoms with Crippen molar-refractivity contribution in [1.82, 2.24) is 0 Å². The number of nitriles is 1. The lowest BCUT2D eigenvalue weighted by Gasteiger charge is -2.09. The molecule has 8 heteroatoms. The van der Waals surface area contributed by atoms with E-state index in [-0.39, 0.29) is 25.6 Å². The van der Waals surface area contributed by atoms with Gasteiger partial charge in [-0.3, -0.25) is 4.72 Å². The lowest BCUT2D eigenvalue weighted by atomic mass is 10.2. The van der Waals surface area contributed by atoms with Crippen LogP contribution in [-0.4, -0.2) is 8.42 Å². The fourth-order valence-electron chi connectivity index (χ4n) is 1.53. The van der Waals surface area contributed by atoms with E-state index in [4.69, 9.17) is 16.9 Å². The van der Waals surface area contributed by atoms with Crippen LogP contribution in [0.1, 0.15) is 5.56 Å². The second kappa shape index (κ2) is 6.02. The van der Waals surface area contributed by atoms with Crippen molar-refractivity contribution in [3.63, 3.8) is 0 Å². The molecule has 0 fully saturated rings. The van der Waals surface area contributed by atoms with Crippen molar-refractivity contribution < 1.29 is 12.8 Å². The molecule has 0 heterocycles. The van der Waals surface area contributed by atoms with Gasteiger partial charge in [0.25, 0.3) is 10.0 Å². The van der Waals surface area contributed by atoms with Crippen LogP contribution in [0.5, 0.6) is 0 Å². The van der Waals surface area contributed by atoms with Gasteiger partial charge in [-0.15, -0.1) is 0 Å². The molecule has 2 aromatic carbocycles. The molecule has 0 radical (unpaired) electrons. The number of hydrogen-bond donors (Lipinski definition) is 1. The van der Waals surface area contributed by atoms with Gasteiger partial charge in [0.2, 0.25) is 0 Å². The number of halogens is 3. The number of nitrogens with one attached hydrogen (secondary N) is 1. The zero-order chi connectivity index (χ0) is 15.6. The highest BCUT2D eigenvalue weighted by molar-refractivity contribution is 9.10. The minimum Gasteiger partial charge on any atom is -0.280 e. The Kier molecular flexibility index (Phi) is 4.52. The lowest BCUT2D eigenvalue weighted by Crippen LogP contribution is -2.13. The maximum Gasteiger partial charge on any atom is 0.261 e. The Hall–Kier alpha value is -1.62. The Bertz CT molecular complexity index is 850. The monoisotopic (exact) mass is 388 g/mol. The third-order valence-corrected chi connectivity index (χ3v) is 4.88. The normalized spacial score (nSPS) is 11.0. The van der Waals surface area contributed by atoms with E-state index in [1.165, 1.54) is 24.3 Å². The molecule has 0 aliphatic carbocycles. The van der Waals surface area contributed by atoms with E-state index in [1.807, 2.05) is 6.07 Å². The molecule has 1 N–H and O–H groups in total. The van der Waals surface area contributed by atoms with E-state index in [0.29, 0.717) is 0 Å². The SMILES string of the molecule is N#Cc1ccc(S(=O)(=O)Nc2ccc(Br)c(F)c2)cc1Cl. The first-order valence-corrected chi connectivity index (χ1v) is 8.16. The number of benzene rings is 2. The molecular weight excluding hydrogens is 383 g/mol. The Morgan fingerprint density at radius 2 is 1.95 bits per heavy atom. The minimum atomic E-state index is -3.92. The van der Waals surface area contributed by atoms with Gasteiger partial charge >= 0.3 is 0 Å². The van der Waals surface area contributed by atoms with Crippen molar-refractivity contribution in [3.8, 4) is 6.07 Å². The van der Waals surface area contributed by atoms with Crippen molar-refractivity contribution in [2.45, 2.75) is 4.90 Å². The second-order valence-corrected chi connectivity index (χ2v) is 6.93. The molecule has 0 saturated carbocycles. The highest BCUT2D eigenvalue weighted by atomic mass is 79.9. The highest BCUT2D eigenvalue weighted by Gasteiger charge is 2.16. The zero-order valence-corrected chi connectivity index (χ0v) is 13.4. The van der Waals surface area contributed by atoms with Crippen LogP contribution in [0.3, 0.4) is 0 Å². The van der Waals surface area contributed by atoms with Crippen molar-refractivity contribution in [2.75, 3.05) is 4.72 Å². The molecule has 2 rings (SSSR count). The summed E-state index contributed by atoms with van der Waals surface area (Å²) >= 11 is 8.78. The van der Waals surface area contributed by atoms with E-state index >= 15 is 0 Å². The Morgan fingerprint density at radius 3 is 2.52 bits per heavy atom. The molecule has 4 nitrogen and oxygen atoms in total. The van der Waals surface area contributed by atoms with E-state index in [9.17, 15) is 12.8 Å². The fraction of sp³-hybridized carbons (Fsp3) is 0. The molecule has 0 bridgehead atoms. The number of sulfonamides is 1. The van der Waals surface area contributed by atoms with Crippen LogP contribution >= 0.6 is 27.5 Å². The van der Waals surface area contributed by atoms with Crippen LogP contribution in [-0.2, 0) is 10.0 Å². The lowest BCUT2D eigenvalue weighted by molar-refractivity contribution is 0.601. The van der Waals surface area contributed by atoms with Crippen LogP contribution in [0.4, 0.5) is 10.1 Å². The van der Waals surface area contributed by atoms with Gasteiger partial charge in [-0.1, -0.05) is 11.6 Å². The molecule has 108 valence electrons. The quantitative estimate of drug-likeness (QED) is 0.865. The molecule has 0 amide bonds. The maximum absolute atomic E-state index is 13.4. The molecule has 0 spiro atoms.